The topological polar surface area (TPSA) is 38.5 Å². The molecule has 100 valence electrons. The highest BCUT2D eigenvalue weighted by molar-refractivity contribution is 5.01. The molecule has 1 aliphatic heterocycles. The smallest absolute Gasteiger partial charge is 0.0620 e. The summed E-state index contributed by atoms with van der Waals surface area (Å²) in [5.41, 5.74) is 6.84. The average molecular weight is 240 g/mol. The Morgan fingerprint density at radius 1 is 1.35 bits per heavy atom. The SMILES string of the molecule is CC1COCCN1C1(CN)CCCC(C)(C)C1. The van der Waals surface area contributed by atoms with Crippen LogP contribution in [0.2, 0.25) is 0 Å². The van der Waals surface area contributed by atoms with Crippen LogP contribution >= 0.6 is 0 Å². The fourth-order valence-electron chi connectivity index (χ4n) is 3.93. The van der Waals surface area contributed by atoms with Gasteiger partial charge in [-0.1, -0.05) is 20.3 Å². The minimum atomic E-state index is 0.227. The molecule has 2 unspecified atom stereocenters. The van der Waals surface area contributed by atoms with Crippen molar-refractivity contribution in [2.75, 3.05) is 26.3 Å². The van der Waals surface area contributed by atoms with Crippen LogP contribution in [0, 0.1) is 5.41 Å². The molecule has 2 rings (SSSR count). The first kappa shape index (κ1) is 13.3. The number of nitrogens with two attached hydrogens (primary N) is 1. The van der Waals surface area contributed by atoms with Gasteiger partial charge in [0.05, 0.1) is 13.2 Å². The normalized spacial score (nSPS) is 39.2. The lowest BCUT2D eigenvalue weighted by atomic mass is 9.67. The summed E-state index contributed by atoms with van der Waals surface area (Å²) < 4.78 is 5.56. The second kappa shape index (κ2) is 4.87. The molecule has 0 radical (unpaired) electrons. The summed E-state index contributed by atoms with van der Waals surface area (Å²) in [6, 6.07) is 0.515. The first-order chi connectivity index (χ1) is 7.99. The van der Waals surface area contributed by atoms with Crippen LogP contribution in [0.5, 0.6) is 0 Å². The van der Waals surface area contributed by atoms with Gasteiger partial charge < -0.3 is 10.5 Å². The zero-order valence-electron chi connectivity index (χ0n) is 11.7. The van der Waals surface area contributed by atoms with E-state index in [4.69, 9.17) is 10.5 Å². The maximum atomic E-state index is 6.17. The van der Waals surface area contributed by atoms with Gasteiger partial charge in [-0.3, -0.25) is 4.90 Å². The number of morpholine rings is 1. The Morgan fingerprint density at radius 3 is 2.71 bits per heavy atom. The van der Waals surface area contributed by atoms with Gasteiger partial charge in [0.25, 0.3) is 0 Å². The van der Waals surface area contributed by atoms with Crippen LogP contribution < -0.4 is 5.73 Å². The van der Waals surface area contributed by atoms with Gasteiger partial charge in [-0.05, 0) is 31.6 Å². The van der Waals surface area contributed by atoms with E-state index in [1.54, 1.807) is 0 Å². The highest BCUT2D eigenvalue weighted by atomic mass is 16.5. The molecule has 0 bridgehead atoms. The quantitative estimate of drug-likeness (QED) is 0.802. The predicted molar refractivity (Wildman–Crippen MR) is 71.0 cm³/mol. The van der Waals surface area contributed by atoms with Gasteiger partial charge in [0.15, 0.2) is 0 Å². The maximum Gasteiger partial charge on any atom is 0.0620 e. The molecule has 1 saturated heterocycles. The molecule has 2 atom stereocenters. The zero-order valence-corrected chi connectivity index (χ0v) is 11.7. The molecule has 1 aliphatic carbocycles. The molecule has 0 aromatic heterocycles. The number of hydrogen-bond donors (Lipinski definition) is 1. The Balaban J connectivity index is 2.17. The van der Waals surface area contributed by atoms with Crippen LogP contribution in [0.15, 0.2) is 0 Å². The monoisotopic (exact) mass is 240 g/mol. The van der Waals surface area contributed by atoms with Crippen LogP contribution in [0.3, 0.4) is 0 Å². The summed E-state index contributed by atoms with van der Waals surface area (Å²) in [5, 5.41) is 0. The van der Waals surface area contributed by atoms with Gasteiger partial charge >= 0.3 is 0 Å². The van der Waals surface area contributed by atoms with Gasteiger partial charge in [-0.25, -0.2) is 0 Å². The third kappa shape index (κ3) is 2.67. The lowest BCUT2D eigenvalue weighted by Crippen LogP contribution is -2.63. The summed E-state index contributed by atoms with van der Waals surface area (Å²) in [7, 11) is 0. The first-order valence-electron chi connectivity index (χ1n) is 7.04. The van der Waals surface area contributed by atoms with E-state index in [1.165, 1.54) is 25.7 Å². The van der Waals surface area contributed by atoms with Crippen molar-refractivity contribution in [2.45, 2.75) is 58.0 Å². The van der Waals surface area contributed by atoms with Crippen LogP contribution in [-0.4, -0.2) is 42.8 Å². The van der Waals surface area contributed by atoms with Gasteiger partial charge in [0.2, 0.25) is 0 Å². The Kier molecular flexibility index (Phi) is 3.81. The van der Waals surface area contributed by atoms with E-state index in [0.29, 0.717) is 11.5 Å². The van der Waals surface area contributed by atoms with Gasteiger partial charge in [-0.2, -0.15) is 0 Å². The Hall–Kier alpha value is -0.120. The second-order valence-electron chi connectivity index (χ2n) is 6.74. The minimum absolute atomic E-state index is 0.227. The van der Waals surface area contributed by atoms with E-state index in [9.17, 15) is 0 Å². The second-order valence-corrected chi connectivity index (χ2v) is 6.74. The highest BCUT2D eigenvalue weighted by Crippen LogP contribution is 2.44. The molecule has 3 nitrogen and oxygen atoms in total. The van der Waals surface area contributed by atoms with Crippen molar-refractivity contribution in [3.63, 3.8) is 0 Å². The molecule has 0 aromatic rings. The van der Waals surface area contributed by atoms with Crippen molar-refractivity contribution >= 4 is 0 Å². The fourth-order valence-corrected chi connectivity index (χ4v) is 3.93. The Labute approximate surface area is 106 Å². The molecule has 2 N–H and O–H groups in total. The van der Waals surface area contributed by atoms with Crippen LogP contribution in [0.1, 0.15) is 46.5 Å². The molecule has 1 heterocycles. The van der Waals surface area contributed by atoms with E-state index < -0.39 is 0 Å². The molecule has 1 saturated carbocycles. The first-order valence-corrected chi connectivity index (χ1v) is 7.04. The Bertz CT molecular complexity index is 267. The molecule has 0 amide bonds. The zero-order chi connectivity index (χ0) is 12.5. The van der Waals surface area contributed by atoms with Crippen molar-refractivity contribution < 1.29 is 4.74 Å². The van der Waals surface area contributed by atoms with Gasteiger partial charge in [-0.15, -0.1) is 0 Å². The summed E-state index contributed by atoms with van der Waals surface area (Å²) in [4.78, 5) is 2.64. The molecule has 17 heavy (non-hydrogen) atoms. The van der Waals surface area contributed by atoms with Crippen LogP contribution in [-0.2, 0) is 4.74 Å². The summed E-state index contributed by atoms with van der Waals surface area (Å²) in [6.07, 6.45) is 5.15. The van der Waals surface area contributed by atoms with Gasteiger partial charge in [0.1, 0.15) is 0 Å². The molecule has 2 aliphatic rings. The maximum absolute atomic E-state index is 6.17. The predicted octanol–water partition coefficient (Wildman–Crippen LogP) is 2.00. The van der Waals surface area contributed by atoms with E-state index in [2.05, 4.69) is 25.7 Å². The average Bonchev–Trinajstić information content (AvgIpc) is 2.28. The van der Waals surface area contributed by atoms with Crippen LogP contribution in [0.25, 0.3) is 0 Å². The molecule has 0 spiro atoms. The van der Waals surface area contributed by atoms with Crippen molar-refractivity contribution in [1.29, 1.82) is 0 Å². The molecule has 3 heteroatoms. The molecule has 2 fully saturated rings. The lowest BCUT2D eigenvalue weighted by Gasteiger charge is -2.54. The summed E-state index contributed by atoms with van der Waals surface area (Å²) in [6.45, 7) is 10.6. The summed E-state index contributed by atoms with van der Waals surface area (Å²) in [5.74, 6) is 0. The largest absolute Gasteiger partial charge is 0.379 e. The number of hydrogen-bond acceptors (Lipinski definition) is 3. The third-order valence-electron chi connectivity index (χ3n) is 4.66. The van der Waals surface area contributed by atoms with Crippen molar-refractivity contribution in [1.82, 2.24) is 4.90 Å². The standard InChI is InChI=1S/C14H28N2O/c1-12-9-17-8-7-16(12)14(11-15)6-4-5-13(2,3)10-14/h12H,4-11,15H2,1-3H3. The molecular weight excluding hydrogens is 212 g/mol. The van der Waals surface area contributed by atoms with E-state index in [1.807, 2.05) is 0 Å². The molecular formula is C14H28N2O. The van der Waals surface area contributed by atoms with E-state index >= 15 is 0 Å². The van der Waals surface area contributed by atoms with E-state index in [0.717, 1.165) is 26.3 Å². The third-order valence-corrected chi connectivity index (χ3v) is 4.66. The summed E-state index contributed by atoms with van der Waals surface area (Å²) >= 11 is 0. The Morgan fingerprint density at radius 2 is 2.12 bits per heavy atom. The highest BCUT2D eigenvalue weighted by Gasteiger charge is 2.45. The number of nitrogens with zero attached hydrogens (tertiary/aromatic N) is 1. The fraction of sp³-hybridized carbons (Fsp3) is 1.00. The number of ether oxygens (including phenoxy) is 1. The van der Waals surface area contributed by atoms with Gasteiger partial charge in [0, 0.05) is 24.7 Å². The molecule has 0 aromatic carbocycles. The van der Waals surface area contributed by atoms with E-state index in [-0.39, 0.29) is 5.54 Å². The lowest BCUT2D eigenvalue weighted by molar-refractivity contribution is -0.0841. The van der Waals surface area contributed by atoms with Crippen molar-refractivity contribution in [3.8, 4) is 0 Å². The number of rotatable bonds is 2. The minimum Gasteiger partial charge on any atom is -0.379 e. The van der Waals surface area contributed by atoms with Crippen molar-refractivity contribution in [3.05, 3.63) is 0 Å². The van der Waals surface area contributed by atoms with Crippen molar-refractivity contribution in [2.24, 2.45) is 11.1 Å². The van der Waals surface area contributed by atoms with Crippen LogP contribution in [0.4, 0.5) is 0 Å².